The minimum Gasteiger partial charge on any atom is -0.469 e. The number of rotatable bonds is 6. The first-order chi connectivity index (χ1) is 14.7. The summed E-state index contributed by atoms with van der Waals surface area (Å²) in [5.74, 6) is -0.844. The Bertz CT molecular complexity index is 1030. The number of hydrogen-bond donors (Lipinski definition) is 0. The van der Waals surface area contributed by atoms with E-state index in [1.807, 2.05) is 6.92 Å². The van der Waals surface area contributed by atoms with Crippen LogP contribution in [0.2, 0.25) is 5.02 Å². The Kier molecular flexibility index (Phi) is 7.23. The van der Waals surface area contributed by atoms with Crippen molar-refractivity contribution in [3.63, 3.8) is 0 Å². The molecule has 1 heterocycles. The number of carbonyl (C=O) groups excluding carboxylic acids is 2. The van der Waals surface area contributed by atoms with Gasteiger partial charge < -0.3 is 9.64 Å². The van der Waals surface area contributed by atoms with Crippen LogP contribution in [0.15, 0.2) is 53.4 Å². The first kappa shape index (κ1) is 23.1. The number of carbonyl (C=O) groups is 2. The predicted octanol–water partition coefficient (Wildman–Crippen LogP) is 3.26. The molecule has 0 saturated carbocycles. The number of halogens is 1. The third-order valence-corrected chi connectivity index (χ3v) is 7.42. The van der Waals surface area contributed by atoms with Gasteiger partial charge >= 0.3 is 5.97 Å². The summed E-state index contributed by atoms with van der Waals surface area (Å²) in [6.45, 7) is 2.27. The summed E-state index contributed by atoms with van der Waals surface area (Å²) in [5, 5.41) is 0.465. The van der Waals surface area contributed by atoms with Crippen molar-refractivity contribution in [1.82, 2.24) is 4.90 Å². The fourth-order valence-electron chi connectivity index (χ4n) is 3.51. The number of aryl methyl sites for hydroxylation is 1. The zero-order valence-electron chi connectivity index (χ0n) is 17.5. The van der Waals surface area contributed by atoms with Crippen LogP contribution in [0.25, 0.3) is 0 Å². The van der Waals surface area contributed by atoms with Gasteiger partial charge in [0.25, 0.3) is 10.0 Å². The van der Waals surface area contributed by atoms with Crippen LogP contribution in [0.5, 0.6) is 0 Å². The third-order valence-electron chi connectivity index (χ3n) is 5.38. The van der Waals surface area contributed by atoms with Crippen LogP contribution in [-0.2, 0) is 24.3 Å². The zero-order chi connectivity index (χ0) is 22.6. The van der Waals surface area contributed by atoms with E-state index in [9.17, 15) is 18.0 Å². The molecule has 0 bridgehead atoms. The monoisotopic (exact) mass is 464 g/mol. The minimum absolute atomic E-state index is 0.102. The number of nitrogens with zero attached hydrogens (tertiary/aromatic N) is 2. The molecule has 2 aromatic rings. The minimum atomic E-state index is -3.98. The van der Waals surface area contributed by atoms with Gasteiger partial charge in [0.15, 0.2) is 0 Å². The van der Waals surface area contributed by atoms with Crippen molar-refractivity contribution in [2.75, 3.05) is 31.0 Å². The van der Waals surface area contributed by atoms with Gasteiger partial charge in [0.2, 0.25) is 5.91 Å². The standard InChI is InChI=1S/C22H25ClN2O5S/c1-16-3-9-20(10-4-16)31(28,29)25(19-7-5-18(23)6-8-19)15-21(26)24-13-11-17(12-14-24)22(27)30-2/h3-10,17H,11-15H2,1-2H3. The Hall–Kier alpha value is -2.58. The van der Waals surface area contributed by atoms with Crippen LogP contribution in [0.4, 0.5) is 5.69 Å². The van der Waals surface area contributed by atoms with Gasteiger partial charge in [-0.15, -0.1) is 0 Å². The van der Waals surface area contributed by atoms with Gasteiger partial charge in [0, 0.05) is 18.1 Å². The fourth-order valence-corrected chi connectivity index (χ4v) is 5.05. The third kappa shape index (κ3) is 5.37. The molecule has 9 heteroatoms. The highest BCUT2D eigenvalue weighted by atomic mass is 35.5. The molecule has 0 radical (unpaired) electrons. The second-order valence-corrected chi connectivity index (χ2v) is 9.78. The van der Waals surface area contributed by atoms with Crippen molar-refractivity contribution >= 4 is 39.2 Å². The number of piperidine rings is 1. The van der Waals surface area contributed by atoms with Crippen LogP contribution >= 0.6 is 11.6 Å². The van der Waals surface area contributed by atoms with Crippen molar-refractivity contribution in [2.24, 2.45) is 5.92 Å². The molecule has 1 saturated heterocycles. The van der Waals surface area contributed by atoms with Gasteiger partial charge in [-0.1, -0.05) is 29.3 Å². The van der Waals surface area contributed by atoms with Crippen LogP contribution < -0.4 is 4.31 Å². The highest BCUT2D eigenvalue weighted by Gasteiger charge is 2.32. The molecule has 0 N–H and O–H groups in total. The van der Waals surface area contributed by atoms with Gasteiger partial charge in [-0.25, -0.2) is 8.42 Å². The molecule has 1 aliphatic heterocycles. The van der Waals surface area contributed by atoms with E-state index in [-0.39, 0.29) is 29.2 Å². The smallest absolute Gasteiger partial charge is 0.308 e. The molecule has 1 aliphatic rings. The van der Waals surface area contributed by atoms with E-state index in [0.29, 0.717) is 36.6 Å². The zero-order valence-corrected chi connectivity index (χ0v) is 19.0. The van der Waals surface area contributed by atoms with E-state index < -0.39 is 10.0 Å². The van der Waals surface area contributed by atoms with Crippen LogP contribution in [0.1, 0.15) is 18.4 Å². The van der Waals surface area contributed by atoms with E-state index in [4.69, 9.17) is 16.3 Å². The fraction of sp³-hybridized carbons (Fsp3) is 0.364. The molecular weight excluding hydrogens is 440 g/mol. The van der Waals surface area contributed by atoms with E-state index in [2.05, 4.69) is 0 Å². The molecule has 0 unspecified atom stereocenters. The number of amides is 1. The average molecular weight is 465 g/mol. The number of benzene rings is 2. The number of likely N-dealkylation sites (tertiary alicyclic amines) is 1. The van der Waals surface area contributed by atoms with E-state index >= 15 is 0 Å². The summed E-state index contributed by atoms with van der Waals surface area (Å²) in [4.78, 5) is 26.4. The van der Waals surface area contributed by atoms with E-state index in [0.717, 1.165) is 9.87 Å². The summed E-state index contributed by atoms with van der Waals surface area (Å²) in [5.41, 5.74) is 1.28. The molecule has 1 fully saturated rings. The van der Waals surface area contributed by atoms with Crippen molar-refractivity contribution in [3.8, 4) is 0 Å². The number of hydrogen-bond acceptors (Lipinski definition) is 5. The Balaban J connectivity index is 1.84. The normalized spacial score (nSPS) is 14.9. The summed E-state index contributed by atoms with van der Waals surface area (Å²) < 4.78 is 32.7. The van der Waals surface area contributed by atoms with E-state index in [1.165, 1.54) is 19.2 Å². The Labute approximate surface area is 187 Å². The van der Waals surface area contributed by atoms with Gasteiger partial charge in [0.1, 0.15) is 6.54 Å². The molecule has 1 amide bonds. The average Bonchev–Trinajstić information content (AvgIpc) is 2.78. The SMILES string of the molecule is COC(=O)C1CCN(C(=O)CN(c2ccc(Cl)cc2)S(=O)(=O)c2ccc(C)cc2)CC1. The molecule has 166 valence electrons. The maximum atomic E-state index is 13.4. The highest BCUT2D eigenvalue weighted by molar-refractivity contribution is 7.92. The lowest BCUT2D eigenvalue weighted by atomic mass is 9.97. The lowest BCUT2D eigenvalue weighted by Gasteiger charge is -2.33. The molecule has 3 rings (SSSR count). The van der Waals surface area contributed by atoms with Crippen LogP contribution in [0, 0.1) is 12.8 Å². The summed E-state index contributed by atoms with van der Waals surface area (Å²) >= 11 is 5.96. The molecule has 0 aliphatic carbocycles. The lowest BCUT2D eigenvalue weighted by molar-refractivity contribution is -0.148. The quantitative estimate of drug-likeness (QED) is 0.613. The first-order valence-electron chi connectivity index (χ1n) is 9.93. The molecule has 0 atom stereocenters. The molecule has 7 nitrogen and oxygen atoms in total. The lowest BCUT2D eigenvalue weighted by Crippen LogP contribution is -2.46. The van der Waals surface area contributed by atoms with E-state index in [1.54, 1.807) is 41.3 Å². The first-order valence-corrected chi connectivity index (χ1v) is 11.7. The largest absolute Gasteiger partial charge is 0.469 e. The van der Waals surface area contributed by atoms with Crippen molar-refractivity contribution in [2.45, 2.75) is 24.7 Å². The molecular formula is C22H25ClN2O5S. The molecule has 2 aromatic carbocycles. The summed E-state index contributed by atoms with van der Waals surface area (Å²) in [6.07, 6.45) is 0.980. The Morgan fingerprint density at radius 1 is 1.06 bits per heavy atom. The number of methoxy groups -OCH3 is 1. The summed E-state index contributed by atoms with van der Waals surface area (Å²) in [7, 11) is -2.63. The number of anilines is 1. The Morgan fingerprint density at radius 3 is 2.19 bits per heavy atom. The van der Waals surface area contributed by atoms with Gasteiger partial charge in [-0.3, -0.25) is 13.9 Å². The number of sulfonamides is 1. The second kappa shape index (κ2) is 9.70. The van der Waals surface area contributed by atoms with Crippen molar-refractivity contribution in [3.05, 3.63) is 59.1 Å². The Morgan fingerprint density at radius 2 is 1.65 bits per heavy atom. The van der Waals surface area contributed by atoms with Gasteiger partial charge in [-0.05, 0) is 56.2 Å². The van der Waals surface area contributed by atoms with Crippen molar-refractivity contribution in [1.29, 1.82) is 0 Å². The summed E-state index contributed by atoms with van der Waals surface area (Å²) in [6, 6.07) is 12.8. The second-order valence-electron chi connectivity index (χ2n) is 7.48. The van der Waals surface area contributed by atoms with Crippen molar-refractivity contribution < 1.29 is 22.7 Å². The maximum Gasteiger partial charge on any atom is 0.308 e. The molecule has 0 spiro atoms. The van der Waals surface area contributed by atoms with Crippen LogP contribution in [-0.4, -0.2) is 51.9 Å². The molecule has 0 aromatic heterocycles. The molecule has 31 heavy (non-hydrogen) atoms. The van der Waals surface area contributed by atoms with Gasteiger partial charge in [-0.2, -0.15) is 0 Å². The van der Waals surface area contributed by atoms with Gasteiger partial charge in [0.05, 0.1) is 23.6 Å². The maximum absolute atomic E-state index is 13.4. The highest BCUT2D eigenvalue weighted by Crippen LogP contribution is 2.26. The predicted molar refractivity (Wildman–Crippen MR) is 118 cm³/mol. The van der Waals surface area contributed by atoms with Crippen LogP contribution in [0.3, 0.4) is 0 Å². The number of ether oxygens (including phenoxy) is 1. The topological polar surface area (TPSA) is 84.0 Å². The number of esters is 1.